The van der Waals surface area contributed by atoms with Crippen molar-refractivity contribution in [2.24, 2.45) is 0 Å². The number of thiazole rings is 1. The van der Waals surface area contributed by atoms with Gasteiger partial charge >= 0.3 is 6.36 Å². The highest BCUT2D eigenvalue weighted by Crippen LogP contribution is 2.30. The van der Waals surface area contributed by atoms with Crippen molar-refractivity contribution in [2.75, 3.05) is 0 Å². The number of alkyl halides is 3. The van der Waals surface area contributed by atoms with Crippen molar-refractivity contribution >= 4 is 51.6 Å². The zero-order chi connectivity index (χ0) is 17.3. The molecule has 1 N–H and O–H groups in total. The van der Waals surface area contributed by atoms with Crippen LogP contribution >= 0.6 is 35.3 Å². The van der Waals surface area contributed by atoms with Crippen molar-refractivity contribution in [1.29, 1.82) is 0 Å². The van der Waals surface area contributed by atoms with Crippen LogP contribution in [-0.4, -0.2) is 21.6 Å². The number of halogens is 3. The smallest absolute Gasteiger partial charge is 0.406 e. The number of nitrogens with zero attached hydrogens (tertiary/aromatic N) is 1. The number of thioether (sulfide) groups is 1. The van der Waals surface area contributed by atoms with E-state index in [2.05, 4.69) is 15.0 Å². The Balaban J connectivity index is 1.77. The fraction of sp³-hybridized carbons (Fsp3) is 0.0714. The van der Waals surface area contributed by atoms with Crippen LogP contribution < -0.4 is 10.1 Å². The first-order valence-electron chi connectivity index (χ1n) is 6.37. The molecule has 24 heavy (non-hydrogen) atoms. The molecule has 1 aliphatic heterocycles. The normalized spacial score (nSPS) is 16.5. The van der Waals surface area contributed by atoms with Crippen molar-refractivity contribution < 1.29 is 22.7 Å². The summed E-state index contributed by atoms with van der Waals surface area (Å²) in [4.78, 5) is 16.4. The molecule has 3 rings (SSSR count). The quantitative estimate of drug-likeness (QED) is 0.631. The monoisotopic (exact) mass is 388 g/mol. The Morgan fingerprint density at radius 3 is 2.54 bits per heavy atom. The summed E-state index contributed by atoms with van der Waals surface area (Å²) in [6, 6.07) is 5.42. The maximum absolute atomic E-state index is 12.1. The summed E-state index contributed by atoms with van der Waals surface area (Å²) in [6.45, 7) is 0. The summed E-state index contributed by atoms with van der Waals surface area (Å²) in [5, 5.41) is 4.87. The van der Waals surface area contributed by atoms with Crippen molar-refractivity contribution in [3.63, 3.8) is 0 Å². The third kappa shape index (κ3) is 4.13. The van der Waals surface area contributed by atoms with Crippen LogP contribution in [-0.2, 0) is 4.79 Å². The molecular weight excluding hydrogens is 381 g/mol. The molecule has 1 aromatic heterocycles. The summed E-state index contributed by atoms with van der Waals surface area (Å²) in [6.07, 6.45) is -3.11. The van der Waals surface area contributed by atoms with Crippen LogP contribution in [0.3, 0.4) is 0 Å². The fourth-order valence-electron chi connectivity index (χ4n) is 1.84. The lowest BCUT2D eigenvalue weighted by molar-refractivity contribution is -0.274. The van der Waals surface area contributed by atoms with Gasteiger partial charge in [-0.15, -0.1) is 24.5 Å². The van der Waals surface area contributed by atoms with Gasteiger partial charge in [-0.1, -0.05) is 24.0 Å². The van der Waals surface area contributed by atoms with Gasteiger partial charge in [0.2, 0.25) is 0 Å². The summed E-state index contributed by atoms with van der Waals surface area (Å²) >= 11 is 7.37. The van der Waals surface area contributed by atoms with Gasteiger partial charge in [-0.25, -0.2) is 4.98 Å². The molecule has 1 aromatic carbocycles. The number of ether oxygens (including phenoxy) is 1. The zero-order valence-electron chi connectivity index (χ0n) is 11.6. The Kier molecular flexibility index (Phi) is 4.61. The topological polar surface area (TPSA) is 51.2 Å². The van der Waals surface area contributed by atoms with Crippen LogP contribution in [0.2, 0.25) is 0 Å². The van der Waals surface area contributed by atoms with E-state index in [4.69, 9.17) is 12.2 Å². The number of amides is 1. The standard InChI is InChI=1S/C14H7F3N2O2S3/c15-14(16,17)21-9-3-1-7(2-4-9)12-18-8(6-23-12)5-10-11(20)19-13(22)24-10/h1-6H,(H,19,20,22)/b10-5-. The molecule has 1 fully saturated rings. The largest absolute Gasteiger partial charge is 0.573 e. The summed E-state index contributed by atoms with van der Waals surface area (Å²) < 4.78 is 40.6. The van der Waals surface area contributed by atoms with Gasteiger partial charge in [0.05, 0.1) is 10.6 Å². The minimum atomic E-state index is -4.72. The van der Waals surface area contributed by atoms with E-state index < -0.39 is 6.36 Å². The van der Waals surface area contributed by atoms with E-state index in [0.29, 0.717) is 25.5 Å². The fourth-order valence-corrected chi connectivity index (χ4v) is 3.65. The molecule has 124 valence electrons. The molecule has 0 unspecified atom stereocenters. The third-order valence-corrected chi connectivity index (χ3v) is 4.85. The highest BCUT2D eigenvalue weighted by atomic mass is 32.2. The van der Waals surface area contributed by atoms with Crippen molar-refractivity contribution in [2.45, 2.75) is 6.36 Å². The second-order valence-corrected chi connectivity index (χ2v) is 7.08. The Labute approximate surface area is 147 Å². The number of rotatable bonds is 3. The average Bonchev–Trinajstić information content (AvgIpc) is 3.06. The number of hydrogen-bond donors (Lipinski definition) is 1. The van der Waals surface area contributed by atoms with E-state index in [1.165, 1.54) is 35.6 Å². The van der Waals surface area contributed by atoms with Crippen LogP contribution in [0.4, 0.5) is 13.2 Å². The van der Waals surface area contributed by atoms with Gasteiger partial charge in [-0.3, -0.25) is 4.79 Å². The van der Waals surface area contributed by atoms with E-state index in [-0.39, 0.29) is 11.7 Å². The lowest BCUT2D eigenvalue weighted by Gasteiger charge is -2.08. The van der Waals surface area contributed by atoms with Gasteiger partial charge in [0.25, 0.3) is 5.91 Å². The number of carbonyl (C=O) groups excluding carboxylic acids is 1. The number of benzene rings is 1. The SMILES string of the molecule is O=C1NC(=S)S/C1=C\c1csc(-c2ccc(OC(F)(F)F)cc2)n1. The predicted molar refractivity (Wildman–Crippen MR) is 90.5 cm³/mol. The van der Waals surface area contributed by atoms with Gasteiger partial charge in [0, 0.05) is 10.9 Å². The molecular formula is C14H7F3N2O2S3. The van der Waals surface area contributed by atoms with E-state index in [1.54, 1.807) is 11.5 Å². The minimum Gasteiger partial charge on any atom is -0.406 e. The van der Waals surface area contributed by atoms with Crippen LogP contribution in [0.15, 0.2) is 34.6 Å². The lowest BCUT2D eigenvalue weighted by Crippen LogP contribution is -2.17. The third-order valence-electron chi connectivity index (χ3n) is 2.78. The van der Waals surface area contributed by atoms with Crippen LogP contribution in [0, 0.1) is 0 Å². The molecule has 2 aromatic rings. The maximum atomic E-state index is 12.1. The summed E-state index contributed by atoms with van der Waals surface area (Å²) in [5.41, 5.74) is 1.23. The predicted octanol–water partition coefficient (Wildman–Crippen LogP) is 4.20. The number of aromatic nitrogens is 1. The number of nitrogens with one attached hydrogen (secondary N) is 1. The molecule has 0 bridgehead atoms. The van der Waals surface area contributed by atoms with Gasteiger partial charge in [0.15, 0.2) is 0 Å². The molecule has 1 aliphatic rings. The number of thiocarbonyl (C=S) groups is 1. The van der Waals surface area contributed by atoms with Gasteiger partial charge < -0.3 is 10.1 Å². The number of hydrogen-bond acceptors (Lipinski definition) is 6. The summed E-state index contributed by atoms with van der Waals surface area (Å²) in [5.74, 6) is -0.564. The maximum Gasteiger partial charge on any atom is 0.573 e. The molecule has 1 saturated heterocycles. The molecule has 0 saturated carbocycles. The second kappa shape index (κ2) is 6.54. The molecule has 2 heterocycles. The van der Waals surface area contributed by atoms with Gasteiger partial charge in [-0.05, 0) is 30.3 Å². The van der Waals surface area contributed by atoms with Crippen LogP contribution in [0.1, 0.15) is 5.69 Å². The van der Waals surface area contributed by atoms with Gasteiger partial charge in [0.1, 0.15) is 15.1 Å². The first-order valence-corrected chi connectivity index (χ1v) is 8.47. The van der Waals surface area contributed by atoms with E-state index in [0.717, 1.165) is 11.8 Å². The zero-order valence-corrected chi connectivity index (χ0v) is 14.0. The molecule has 0 radical (unpaired) electrons. The molecule has 10 heteroatoms. The van der Waals surface area contributed by atoms with E-state index in [1.807, 2.05) is 0 Å². The Bertz CT molecular complexity index is 829. The van der Waals surface area contributed by atoms with Crippen LogP contribution in [0.5, 0.6) is 5.75 Å². The Morgan fingerprint density at radius 2 is 1.96 bits per heavy atom. The summed E-state index contributed by atoms with van der Waals surface area (Å²) in [7, 11) is 0. The Hall–Kier alpha value is -1.91. The van der Waals surface area contributed by atoms with Crippen molar-refractivity contribution in [3.05, 3.63) is 40.2 Å². The lowest BCUT2D eigenvalue weighted by atomic mass is 10.2. The van der Waals surface area contributed by atoms with E-state index >= 15 is 0 Å². The molecule has 0 aliphatic carbocycles. The molecule has 1 amide bonds. The Morgan fingerprint density at radius 1 is 1.25 bits per heavy atom. The molecule has 4 nitrogen and oxygen atoms in total. The van der Waals surface area contributed by atoms with Crippen LogP contribution in [0.25, 0.3) is 16.6 Å². The van der Waals surface area contributed by atoms with Crippen molar-refractivity contribution in [3.8, 4) is 16.3 Å². The van der Waals surface area contributed by atoms with E-state index in [9.17, 15) is 18.0 Å². The average molecular weight is 388 g/mol. The van der Waals surface area contributed by atoms with Gasteiger partial charge in [-0.2, -0.15) is 0 Å². The minimum absolute atomic E-state index is 0.270. The highest BCUT2D eigenvalue weighted by Gasteiger charge is 2.31. The first kappa shape index (κ1) is 16.9. The second-order valence-electron chi connectivity index (χ2n) is 4.50. The molecule has 0 atom stereocenters. The van der Waals surface area contributed by atoms with Crippen molar-refractivity contribution in [1.82, 2.24) is 10.3 Å². The molecule has 0 spiro atoms. The number of carbonyl (C=O) groups is 1. The first-order chi connectivity index (χ1) is 11.3. The highest BCUT2D eigenvalue weighted by molar-refractivity contribution is 8.26.